The minimum Gasteiger partial charge on any atom is -0.348 e. The molecule has 0 aliphatic rings. The van der Waals surface area contributed by atoms with Crippen LogP contribution in [-0.2, 0) is 11.3 Å². The van der Waals surface area contributed by atoms with E-state index in [1.807, 2.05) is 36.4 Å². The van der Waals surface area contributed by atoms with Crippen molar-refractivity contribution < 1.29 is 9.59 Å². The quantitative estimate of drug-likeness (QED) is 0.799. The zero-order valence-electron chi connectivity index (χ0n) is 13.6. The topological polar surface area (TPSA) is 49.4 Å². The van der Waals surface area contributed by atoms with Crippen LogP contribution in [0.5, 0.6) is 0 Å². The summed E-state index contributed by atoms with van der Waals surface area (Å²) >= 11 is 3.44. The summed E-state index contributed by atoms with van der Waals surface area (Å²) in [5.74, 6) is -0.207. The number of hydrogen-bond acceptors (Lipinski definition) is 2. The highest BCUT2D eigenvalue weighted by molar-refractivity contribution is 9.10. The van der Waals surface area contributed by atoms with E-state index in [2.05, 4.69) is 21.2 Å². The average Bonchev–Trinajstić information content (AvgIpc) is 2.59. The summed E-state index contributed by atoms with van der Waals surface area (Å²) in [6, 6.07) is 14.9. The molecule has 2 aromatic rings. The second kappa shape index (κ2) is 8.45. The Morgan fingerprint density at radius 3 is 2.38 bits per heavy atom. The minimum absolute atomic E-state index is 0.0399. The highest BCUT2D eigenvalue weighted by Gasteiger charge is 2.07. The van der Waals surface area contributed by atoms with E-state index in [1.54, 1.807) is 32.3 Å². The minimum atomic E-state index is -0.167. The molecule has 0 fully saturated rings. The van der Waals surface area contributed by atoms with Gasteiger partial charge in [-0.3, -0.25) is 9.59 Å². The highest BCUT2D eigenvalue weighted by atomic mass is 79.9. The second-order valence-corrected chi connectivity index (χ2v) is 6.32. The molecule has 24 heavy (non-hydrogen) atoms. The van der Waals surface area contributed by atoms with Crippen molar-refractivity contribution in [1.82, 2.24) is 10.2 Å². The fourth-order valence-electron chi connectivity index (χ4n) is 2.05. The number of nitrogens with one attached hydrogen (secondary N) is 1. The number of halogens is 1. The van der Waals surface area contributed by atoms with Gasteiger partial charge in [0.25, 0.3) is 5.91 Å². The van der Waals surface area contributed by atoms with Crippen LogP contribution in [0.25, 0.3) is 6.08 Å². The van der Waals surface area contributed by atoms with Gasteiger partial charge in [-0.05, 0) is 35.4 Å². The van der Waals surface area contributed by atoms with Crippen LogP contribution < -0.4 is 5.32 Å². The largest absolute Gasteiger partial charge is 0.348 e. The van der Waals surface area contributed by atoms with E-state index in [9.17, 15) is 9.59 Å². The van der Waals surface area contributed by atoms with Crippen molar-refractivity contribution in [2.24, 2.45) is 0 Å². The molecule has 0 atom stereocenters. The molecule has 1 N–H and O–H groups in total. The Balaban J connectivity index is 1.90. The van der Waals surface area contributed by atoms with E-state index in [-0.39, 0.29) is 11.8 Å². The molecule has 0 aliphatic carbocycles. The summed E-state index contributed by atoms with van der Waals surface area (Å²) in [5.41, 5.74) is 2.51. The first kappa shape index (κ1) is 17.9. The van der Waals surface area contributed by atoms with Gasteiger partial charge in [0.05, 0.1) is 0 Å². The van der Waals surface area contributed by atoms with Crippen LogP contribution >= 0.6 is 15.9 Å². The predicted molar refractivity (Wildman–Crippen MR) is 99.5 cm³/mol. The van der Waals surface area contributed by atoms with Crippen molar-refractivity contribution >= 4 is 33.8 Å². The van der Waals surface area contributed by atoms with Gasteiger partial charge in [-0.2, -0.15) is 0 Å². The third-order valence-electron chi connectivity index (χ3n) is 3.39. The van der Waals surface area contributed by atoms with E-state index in [0.29, 0.717) is 12.1 Å². The molecular weight excluding hydrogens is 368 g/mol. The van der Waals surface area contributed by atoms with Crippen LogP contribution in [0.3, 0.4) is 0 Å². The van der Waals surface area contributed by atoms with Crippen molar-refractivity contribution in [2.75, 3.05) is 14.1 Å². The van der Waals surface area contributed by atoms with Crippen LogP contribution in [0, 0.1) is 0 Å². The number of benzene rings is 2. The van der Waals surface area contributed by atoms with Crippen LogP contribution in [0.15, 0.2) is 59.1 Å². The van der Waals surface area contributed by atoms with Crippen molar-refractivity contribution in [3.05, 3.63) is 75.8 Å². The van der Waals surface area contributed by atoms with Gasteiger partial charge < -0.3 is 10.2 Å². The number of nitrogens with zero attached hydrogens (tertiary/aromatic N) is 1. The van der Waals surface area contributed by atoms with Crippen LogP contribution in [0.2, 0.25) is 0 Å². The first-order valence-corrected chi connectivity index (χ1v) is 8.27. The Labute approximate surface area is 150 Å². The molecule has 0 aromatic heterocycles. The van der Waals surface area contributed by atoms with Crippen molar-refractivity contribution in [2.45, 2.75) is 6.54 Å². The Kier molecular flexibility index (Phi) is 6.32. The molecule has 0 bridgehead atoms. The molecule has 2 amide bonds. The van der Waals surface area contributed by atoms with Crippen LogP contribution in [-0.4, -0.2) is 30.8 Å². The molecule has 124 valence electrons. The van der Waals surface area contributed by atoms with Crippen LogP contribution in [0.4, 0.5) is 0 Å². The highest BCUT2D eigenvalue weighted by Crippen LogP contribution is 2.16. The third-order valence-corrected chi connectivity index (χ3v) is 4.12. The van der Waals surface area contributed by atoms with E-state index in [0.717, 1.165) is 15.6 Å². The lowest BCUT2D eigenvalue weighted by atomic mass is 10.1. The molecule has 0 saturated carbocycles. The van der Waals surface area contributed by atoms with E-state index >= 15 is 0 Å². The lowest BCUT2D eigenvalue weighted by Crippen LogP contribution is -2.22. The Bertz CT molecular complexity index is 752. The van der Waals surface area contributed by atoms with Gasteiger partial charge >= 0.3 is 0 Å². The van der Waals surface area contributed by atoms with Crippen molar-refractivity contribution in [3.63, 3.8) is 0 Å². The summed E-state index contributed by atoms with van der Waals surface area (Å²) in [6.07, 6.45) is 3.27. The Morgan fingerprint density at radius 1 is 1.08 bits per heavy atom. The van der Waals surface area contributed by atoms with Gasteiger partial charge in [-0.1, -0.05) is 46.3 Å². The first-order chi connectivity index (χ1) is 11.5. The van der Waals surface area contributed by atoms with Gasteiger partial charge in [-0.15, -0.1) is 0 Å². The zero-order chi connectivity index (χ0) is 17.5. The summed E-state index contributed by atoms with van der Waals surface area (Å²) in [4.78, 5) is 25.2. The predicted octanol–water partition coefficient (Wildman–Crippen LogP) is 3.48. The number of hydrogen-bond donors (Lipinski definition) is 1. The van der Waals surface area contributed by atoms with E-state index in [4.69, 9.17) is 0 Å². The molecule has 2 rings (SSSR count). The maximum atomic E-state index is 11.9. The summed E-state index contributed by atoms with van der Waals surface area (Å²) in [5, 5.41) is 2.82. The fourth-order valence-corrected chi connectivity index (χ4v) is 2.46. The molecular formula is C19H19BrN2O2. The smallest absolute Gasteiger partial charge is 0.253 e. The average molecular weight is 387 g/mol. The molecule has 0 radical (unpaired) electrons. The lowest BCUT2D eigenvalue weighted by Gasteiger charge is -2.10. The monoisotopic (exact) mass is 386 g/mol. The molecule has 0 aliphatic heterocycles. The Hall–Kier alpha value is -2.40. The summed E-state index contributed by atoms with van der Waals surface area (Å²) in [7, 11) is 3.43. The normalized spacial score (nSPS) is 10.6. The van der Waals surface area contributed by atoms with Crippen molar-refractivity contribution in [1.29, 1.82) is 0 Å². The molecule has 0 saturated heterocycles. The van der Waals surface area contributed by atoms with Crippen LogP contribution in [0.1, 0.15) is 21.5 Å². The maximum absolute atomic E-state index is 11.9. The van der Waals surface area contributed by atoms with E-state index in [1.165, 1.54) is 11.0 Å². The SMILES string of the molecule is CN(C)C(=O)c1ccc(CNC(=O)/C=C/c2ccccc2Br)cc1. The number of carbonyl (C=O) groups excluding carboxylic acids is 2. The second-order valence-electron chi connectivity index (χ2n) is 5.47. The van der Waals surface area contributed by atoms with Gasteiger partial charge in [-0.25, -0.2) is 0 Å². The van der Waals surface area contributed by atoms with E-state index < -0.39 is 0 Å². The van der Waals surface area contributed by atoms with Crippen molar-refractivity contribution in [3.8, 4) is 0 Å². The molecule has 0 spiro atoms. The molecule has 2 aromatic carbocycles. The molecule has 4 nitrogen and oxygen atoms in total. The Morgan fingerprint density at radius 2 is 1.75 bits per heavy atom. The fraction of sp³-hybridized carbons (Fsp3) is 0.158. The zero-order valence-corrected chi connectivity index (χ0v) is 15.2. The number of carbonyl (C=O) groups is 2. The maximum Gasteiger partial charge on any atom is 0.253 e. The van der Waals surface area contributed by atoms with Gasteiger partial charge in [0.2, 0.25) is 5.91 Å². The third kappa shape index (κ3) is 5.06. The summed E-state index contributed by atoms with van der Waals surface area (Å²) in [6.45, 7) is 0.412. The molecule has 0 heterocycles. The van der Waals surface area contributed by atoms with Gasteiger partial charge in [0.1, 0.15) is 0 Å². The molecule has 0 unspecified atom stereocenters. The van der Waals surface area contributed by atoms with Gasteiger partial charge in [0, 0.05) is 36.8 Å². The number of amides is 2. The molecule has 5 heteroatoms. The first-order valence-electron chi connectivity index (χ1n) is 7.48. The summed E-state index contributed by atoms with van der Waals surface area (Å²) < 4.78 is 0.940. The number of rotatable bonds is 5. The standard InChI is InChI=1S/C19H19BrN2O2/c1-22(2)19(24)16-9-7-14(8-10-16)13-21-18(23)12-11-15-5-3-4-6-17(15)20/h3-12H,13H2,1-2H3,(H,21,23)/b12-11+. The van der Waals surface area contributed by atoms with Gasteiger partial charge in [0.15, 0.2) is 0 Å². The lowest BCUT2D eigenvalue weighted by molar-refractivity contribution is -0.116.